The molecule has 4 aromatic rings. The molecular formula is C24H17F2N3O5S. The normalized spacial score (nSPS) is 12.5. The van der Waals surface area contributed by atoms with Gasteiger partial charge in [-0.3, -0.25) is 4.79 Å². The number of aromatic amines is 1. The van der Waals surface area contributed by atoms with Crippen molar-refractivity contribution in [3.8, 4) is 34.1 Å². The quantitative estimate of drug-likeness (QED) is 0.414. The number of benzene rings is 3. The van der Waals surface area contributed by atoms with Gasteiger partial charge < -0.3 is 19.8 Å². The van der Waals surface area contributed by atoms with Gasteiger partial charge in [0.25, 0.3) is 0 Å². The summed E-state index contributed by atoms with van der Waals surface area (Å²) in [5, 5.41) is 2.21. The van der Waals surface area contributed by atoms with Crippen molar-refractivity contribution in [2.45, 2.75) is 5.03 Å². The van der Waals surface area contributed by atoms with Crippen molar-refractivity contribution in [3.63, 3.8) is 0 Å². The second-order valence-electron chi connectivity index (χ2n) is 7.65. The number of carbonyl (C=O) groups excluding carboxylic acids is 1. The molecule has 0 atom stereocenters. The van der Waals surface area contributed by atoms with Crippen LogP contribution in [0.5, 0.6) is 11.5 Å². The van der Waals surface area contributed by atoms with E-state index in [1.165, 1.54) is 54.6 Å². The number of imidazole rings is 1. The van der Waals surface area contributed by atoms with Gasteiger partial charge in [-0.1, -0.05) is 0 Å². The van der Waals surface area contributed by atoms with Gasteiger partial charge in [0.1, 0.15) is 28.9 Å². The highest BCUT2D eigenvalue weighted by Crippen LogP contribution is 2.34. The third-order valence-electron chi connectivity index (χ3n) is 5.19. The predicted octanol–water partition coefficient (Wildman–Crippen LogP) is 4.16. The second kappa shape index (κ2) is 8.84. The minimum Gasteiger partial charge on any atom is -0.454 e. The van der Waals surface area contributed by atoms with Gasteiger partial charge in [-0.05, 0) is 60.7 Å². The lowest BCUT2D eigenvalue weighted by Gasteiger charge is -2.08. The summed E-state index contributed by atoms with van der Waals surface area (Å²) in [6.45, 7) is 0.0590. The number of aromatic nitrogens is 2. The van der Waals surface area contributed by atoms with Crippen molar-refractivity contribution >= 4 is 21.4 Å². The van der Waals surface area contributed by atoms with E-state index in [2.05, 4.69) is 15.3 Å². The molecule has 11 heteroatoms. The molecular weight excluding hydrogens is 480 g/mol. The highest BCUT2D eigenvalue weighted by Gasteiger charge is 2.28. The van der Waals surface area contributed by atoms with Crippen LogP contribution < -0.4 is 14.8 Å². The number of H-pyrrole nitrogens is 1. The van der Waals surface area contributed by atoms with Crippen molar-refractivity contribution in [3.05, 3.63) is 78.4 Å². The fourth-order valence-corrected chi connectivity index (χ4v) is 4.82. The van der Waals surface area contributed by atoms with Crippen molar-refractivity contribution in [2.24, 2.45) is 0 Å². The van der Waals surface area contributed by atoms with Crippen LogP contribution in [0.3, 0.4) is 0 Å². The van der Waals surface area contributed by atoms with Gasteiger partial charge in [-0.25, -0.2) is 22.2 Å². The molecule has 0 aliphatic carbocycles. The summed E-state index contributed by atoms with van der Waals surface area (Å²) in [5.74, 6) is -1.54. The molecule has 1 aliphatic rings. The van der Waals surface area contributed by atoms with E-state index in [9.17, 15) is 22.0 Å². The second-order valence-corrected chi connectivity index (χ2v) is 9.58. The van der Waals surface area contributed by atoms with E-state index in [1.807, 2.05) is 0 Å². The Morgan fingerprint density at radius 3 is 2.23 bits per heavy atom. The number of amides is 1. The van der Waals surface area contributed by atoms with E-state index < -0.39 is 33.1 Å². The average molecular weight is 497 g/mol. The van der Waals surface area contributed by atoms with Crippen molar-refractivity contribution < 1.29 is 31.5 Å². The Balaban J connectivity index is 1.46. The number of hydrogen-bond donors (Lipinski definition) is 2. The first-order valence-electron chi connectivity index (χ1n) is 10.3. The molecule has 1 aliphatic heterocycles. The molecule has 35 heavy (non-hydrogen) atoms. The number of fused-ring (bicyclic) bond motifs is 1. The molecule has 0 radical (unpaired) electrons. The number of sulfone groups is 1. The van der Waals surface area contributed by atoms with Crippen LogP contribution in [0, 0.1) is 11.6 Å². The third-order valence-corrected chi connectivity index (χ3v) is 6.75. The van der Waals surface area contributed by atoms with Crippen LogP contribution in [0.1, 0.15) is 0 Å². The Hall–Kier alpha value is -4.25. The molecule has 8 nitrogen and oxygen atoms in total. The van der Waals surface area contributed by atoms with Crippen LogP contribution in [0.2, 0.25) is 0 Å². The molecule has 1 amide bonds. The van der Waals surface area contributed by atoms with Crippen molar-refractivity contribution in [1.29, 1.82) is 0 Å². The van der Waals surface area contributed by atoms with Gasteiger partial charge in [0.15, 0.2) is 16.5 Å². The molecule has 0 saturated carbocycles. The highest BCUT2D eigenvalue weighted by atomic mass is 32.2. The number of hydrogen-bond acceptors (Lipinski definition) is 6. The van der Waals surface area contributed by atoms with Gasteiger partial charge in [-0.15, -0.1) is 0 Å². The molecule has 2 heterocycles. The minimum absolute atomic E-state index is 0.0141. The van der Waals surface area contributed by atoms with E-state index in [0.717, 1.165) is 0 Å². The largest absolute Gasteiger partial charge is 0.454 e. The van der Waals surface area contributed by atoms with Crippen LogP contribution in [0.4, 0.5) is 14.5 Å². The van der Waals surface area contributed by atoms with Crippen LogP contribution in [-0.4, -0.2) is 36.8 Å². The van der Waals surface area contributed by atoms with Crippen molar-refractivity contribution in [1.82, 2.24) is 9.97 Å². The van der Waals surface area contributed by atoms with Gasteiger partial charge in [0, 0.05) is 22.9 Å². The molecule has 0 unspecified atom stereocenters. The Bertz CT molecular complexity index is 1520. The lowest BCUT2D eigenvalue weighted by Crippen LogP contribution is -2.23. The molecule has 5 rings (SSSR count). The number of nitrogens with zero attached hydrogens (tertiary/aromatic N) is 1. The molecule has 3 aromatic carbocycles. The lowest BCUT2D eigenvalue weighted by molar-refractivity contribution is -0.113. The summed E-state index contributed by atoms with van der Waals surface area (Å²) in [6, 6.07) is 15.1. The SMILES string of the molecule is O=C(CS(=O)(=O)c1[nH]c(-c2ccc(F)cc2)nc1-c1ccc(F)cc1)Nc1ccc2c(c1)OCO2. The van der Waals surface area contributed by atoms with E-state index in [0.29, 0.717) is 28.3 Å². The molecule has 0 bridgehead atoms. The Labute approximate surface area is 198 Å². The molecule has 0 fully saturated rings. The first-order valence-corrected chi connectivity index (χ1v) is 12.0. The van der Waals surface area contributed by atoms with Gasteiger partial charge in [0.05, 0.1) is 0 Å². The topological polar surface area (TPSA) is 110 Å². The summed E-state index contributed by atoms with van der Waals surface area (Å²) < 4.78 is 63.8. The fraction of sp³-hybridized carbons (Fsp3) is 0.0833. The van der Waals surface area contributed by atoms with Gasteiger partial charge >= 0.3 is 0 Å². The molecule has 0 spiro atoms. The van der Waals surface area contributed by atoms with Gasteiger partial charge in [0.2, 0.25) is 22.5 Å². The summed E-state index contributed by atoms with van der Waals surface area (Å²) in [7, 11) is -4.23. The summed E-state index contributed by atoms with van der Waals surface area (Å²) >= 11 is 0. The Morgan fingerprint density at radius 2 is 1.54 bits per heavy atom. The fourth-order valence-electron chi connectivity index (χ4n) is 3.55. The number of carbonyl (C=O) groups is 1. The first-order chi connectivity index (χ1) is 16.8. The Morgan fingerprint density at radius 1 is 0.914 bits per heavy atom. The zero-order valence-electron chi connectivity index (χ0n) is 17.9. The number of anilines is 1. The Kier molecular flexibility index (Phi) is 5.69. The zero-order chi connectivity index (χ0) is 24.6. The summed E-state index contributed by atoms with van der Waals surface area (Å²) in [4.78, 5) is 19.7. The standard InChI is InChI=1S/C24H17F2N3O5S/c25-16-5-1-14(2-6-16)22-24(29-23(28-22)15-3-7-17(26)8-4-15)35(31,32)12-21(30)27-18-9-10-19-20(11-18)34-13-33-19/h1-11H,12-13H2,(H,27,30)(H,28,29). The first kappa shape index (κ1) is 22.5. The molecule has 0 saturated heterocycles. The highest BCUT2D eigenvalue weighted by molar-refractivity contribution is 7.92. The number of nitrogens with one attached hydrogen (secondary N) is 2. The van der Waals surface area contributed by atoms with E-state index in [-0.39, 0.29) is 23.3 Å². The molecule has 178 valence electrons. The smallest absolute Gasteiger partial charge is 0.240 e. The van der Waals surface area contributed by atoms with Crippen LogP contribution in [0.25, 0.3) is 22.6 Å². The van der Waals surface area contributed by atoms with E-state index in [1.54, 1.807) is 12.1 Å². The summed E-state index contributed by atoms with van der Waals surface area (Å²) in [5.41, 5.74) is 1.11. The van der Waals surface area contributed by atoms with Crippen LogP contribution in [-0.2, 0) is 14.6 Å². The van der Waals surface area contributed by atoms with Crippen molar-refractivity contribution in [2.75, 3.05) is 17.9 Å². The summed E-state index contributed by atoms with van der Waals surface area (Å²) in [6.07, 6.45) is 0. The minimum atomic E-state index is -4.23. The van der Waals surface area contributed by atoms with Crippen LogP contribution in [0.15, 0.2) is 71.8 Å². The third kappa shape index (κ3) is 4.71. The van der Waals surface area contributed by atoms with E-state index in [4.69, 9.17) is 9.47 Å². The predicted molar refractivity (Wildman–Crippen MR) is 123 cm³/mol. The van der Waals surface area contributed by atoms with Gasteiger partial charge in [-0.2, -0.15) is 0 Å². The number of ether oxygens (including phenoxy) is 2. The monoisotopic (exact) mass is 497 g/mol. The lowest BCUT2D eigenvalue weighted by atomic mass is 10.2. The maximum atomic E-state index is 13.5. The number of halogens is 2. The maximum Gasteiger partial charge on any atom is 0.240 e. The van der Waals surface area contributed by atoms with Crippen LogP contribution >= 0.6 is 0 Å². The molecule has 2 N–H and O–H groups in total. The molecule has 1 aromatic heterocycles. The average Bonchev–Trinajstić information content (AvgIpc) is 3.47. The maximum absolute atomic E-state index is 13.5. The van der Waals surface area contributed by atoms with E-state index >= 15 is 0 Å². The number of rotatable bonds is 6. The zero-order valence-corrected chi connectivity index (χ0v) is 18.7.